The molecule has 0 aliphatic heterocycles. The molecular weight excluding hydrogens is 262 g/mol. The van der Waals surface area contributed by atoms with Crippen LogP contribution in [-0.2, 0) is 0 Å². The number of aliphatic hydroxyl groups is 1. The predicted octanol–water partition coefficient (Wildman–Crippen LogP) is 3.00. The van der Waals surface area contributed by atoms with Crippen LogP contribution in [0, 0.1) is 6.92 Å². The number of rotatable bonds is 6. The van der Waals surface area contributed by atoms with Gasteiger partial charge in [-0.3, -0.25) is 4.48 Å². The van der Waals surface area contributed by atoms with Crippen molar-refractivity contribution in [2.45, 2.75) is 13.0 Å². The van der Waals surface area contributed by atoms with Crippen molar-refractivity contribution >= 4 is 5.69 Å². The third-order valence-corrected chi connectivity index (χ3v) is 3.55. The van der Waals surface area contributed by atoms with E-state index in [9.17, 15) is 5.11 Å². The van der Waals surface area contributed by atoms with Crippen LogP contribution in [0.1, 0.15) is 5.56 Å². The van der Waals surface area contributed by atoms with Gasteiger partial charge < -0.3 is 9.84 Å². The normalized spacial score (nSPS) is 13.0. The van der Waals surface area contributed by atoms with Crippen molar-refractivity contribution in [2.75, 3.05) is 27.2 Å². The minimum atomic E-state index is -0.513. The zero-order valence-electron chi connectivity index (χ0n) is 13.0. The Kier molecular flexibility index (Phi) is 4.99. The third kappa shape index (κ3) is 4.59. The largest absolute Gasteiger partial charge is 0.491 e. The molecule has 2 aromatic carbocycles. The number of aryl methyl sites for hydroxylation is 1. The number of para-hydroxylation sites is 1. The molecule has 0 heterocycles. The van der Waals surface area contributed by atoms with Crippen molar-refractivity contribution in [1.82, 2.24) is 4.48 Å². The average Bonchev–Trinajstić information content (AvgIpc) is 2.46. The average molecular weight is 286 g/mol. The van der Waals surface area contributed by atoms with Gasteiger partial charge in [0, 0.05) is 0 Å². The van der Waals surface area contributed by atoms with Crippen molar-refractivity contribution in [1.29, 1.82) is 0 Å². The van der Waals surface area contributed by atoms with E-state index < -0.39 is 6.10 Å². The number of hydrogen-bond acceptors (Lipinski definition) is 2. The molecule has 2 rings (SSSR count). The molecule has 0 fully saturated rings. The van der Waals surface area contributed by atoms with Crippen LogP contribution in [0.5, 0.6) is 5.75 Å². The zero-order valence-corrected chi connectivity index (χ0v) is 13.0. The number of nitrogens with zero attached hydrogens (tertiary/aromatic N) is 1. The Bertz CT molecular complexity index is 566. The van der Waals surface area contributed by atoms with E-state index in [1.165, 1.54) is 5.69 Å². The minimum Gasteiger partial charge on any atom is -0.491 e. The molecule has 0 amide bonds. The lowest BCUT2D eigenvalue weighted by Crippen LogP contribution is -2.47. The molecule has 0 bridgehead atoms. The molecule has 0 aromatic heterocycles. The van der Waals surface area contributed by atoms with E-state index in [0.717, 1.165) is 11.3 Å². The molecule has 112 valence electrons. The number of aliphatic hydroxyl groups excluding tert-OH is 1. The lowest BCUT2D eigenvalue weighted by Gasteiger charge is -2.31. The molecule has 0 saturated carbocycles. The molecule has 0 aliphatic rings. The second kappa shape index (κ2) is 6.74. The highest BCUT2D eigenvalue weighted by Crippen LogP contribution is 2.19. The molecule has 0 spiro atoms. The number of quaternary nitrogens is 1. The second-order valence-corrected chi connectivity index (χ2v) is 5.98. The van der Waals surface area contributed by atoms with Crippen molar-refractivity contribution in [3.05, 3.63) is 60.2 Å². The van der Waals surface area contributed by atoms with Crippen LogP contribution in [0.3, 0.4) is 0 Å². The summed E-state index contributed by atoms with van der Waals surface area (Å²) in [7, 11) is 4.18. The summed E-state index contributed by atoms with van der Waals surface area (Å²) in [4.78, 5) is 0. The molecule has 3 nitrogen and oxygen atoms in total. The first kappa shape index (κ1) is 15.5. The van der Waals surface area contributed by atoms with Gasteiger partial charge in [0.05, 0.1) is 14.1 Å². The Morgan fingerprint density at radius 3 is 2.43 bits per heavy atom. The van der Waals surface area contributed by atoms with Gasteiger partial charge in [0.1, 0.15) is 30.7 Å². The maximum Gasteiger partial charge on any atom is 0.137 e. The van der Waals surface area contributed by atoms with Crippen LogP contribution < -0.4 is 9.22 Å². The van der Waals surface area contributed by atoms with Gasteiger partial charge in [-0.1, -0.05) is 30.3 Å². The molecule has 0 saturated heterocycles. The van der Waals surface area contributed by atoms with E-state index in [1.807, 2.05) is 49.4 Å². The van der Waals surface area contributed by atoms with Crippen LogP contribution in [0.4, 0.5) is 5.69 Å². The maximum atomic E-state index is 10.2. The fourth-order valence-electron chi connectivity index (χ4n) is 2.41. The monoisotopic (exact) mass is 286 g/mol. The highest BCUT2D eigenvalue weighted by Gasteiger charge is 2.23. The zero-order chi connectivity index (χ0) is 15.3. The summed E-state index contributed by atoms with van der Waals surface area (Å²) in [5.74, 6) is 0.805. The highest BCUT2D eigenvalue weighted by molar-refractivity contribution is 5.41. The molecule has 1 unspecified atom stereocenters. The van der Waals surface area contributed by atoms with Crippen LogP contribution in [0.2, 0.25) is 0 Å². The quantitative estimate of drug-likeness (QED) is 0.827. The van der Waals surface area contributed by atoms with Crippen LogP contribution >= 0.6 is 0 Å². The highest BCUT2D eigenvalue weighted by atomic mass is 16.5. The Morgan fingerprint density at radius 2 is 1.76 bits per heavy atom. The van der Waals surface area contributed by atoms with E-state index in [-0.39, 0.29) is 0 Å². The van der Waals surface area contributed by atoms with Gasteiger partial charge in [0.2, 0.25) is 0 Å². The van der Waals surface area contributed by atoms with E-state index in [4.69, 9.17) is 4.74 Å². The molecular formula is C18H24NO2+. The third-order valence-electron chi connectivity index (χ3n) is 3.55. The van der Waals surface area contributed by atoms with Gasteiger partial charge in [-0.2, -0.15) is 0 Å². The first-order chi connectivity index (χ1) is 9.97. The van der Waals surface area contributed by atoms with Gasteiger partial charge in [-0.15, -0.1) is 0 Å². The van der Waals surface area contributed by atoms with Gasteiger partial charge in [0.25, 0.3) is 0 Å². The summed E-state index contributed by atoms with van der Waals surface area (Å²) in [5, 5.41) is 10.2. The summed E-state index contributed by atoms with van der Waals surface area (Å²) in [6.07, 6.45) is -0.513. The van der Waals surface area contributed by atoms with Crippen LogP contribution in [-0.4, -0.2) is 38.5 Å². The Morgan fingerprint density at radius 1 is 1.05 bits per heavy atom. The van der Waals surface area contributed by atoms with E-state index in [2.05, 4.69) is 26.2 Å². The molecule has 0 radical (unpaired) electrons. The van der Waals surface area contributed by atoms with Crippen molar-refractivity contribution in [3.63, 3.8) is 0 Å². The summed E-state index contributed by atoms with van der Waals surface area (Å²) >= 11 is 0. The van der Waals surface area contributed by atoms with E-state index in [1.54, 1.807) is 0 Å². The number of likely N-dealkylation sites (N-methyl/N-ethyl adjacent to an activating group) is 1. The van der Waals surface area contributed by atoms with E-state index >= 15 is 0 Å². The van der Waals surface area contributed by atoms with Gasteiger partial charge in [0.15, 0.2) is 0 Å². The topological polar surface area (TPSA) is 29.5 Å². The van der Waals surface area contributed by atoms with Gasteiger partial charge >= 0.3 is 0 Å². The number of ether oxygens (including phenoxy) is 1. The van der Waals surface area contributed by atoms with Crippen LogP contribution in [0.15, 0.2) is 54.6 Å². The minimum absolute atomic E-state index is 0.304. The Hall–Kier alpha value is -1.84. The summed E-state index contributed by atoms with van der Waals surface area (Å²) in [6, 6.07) is 18.1. The fourth-order valence-corrected chi connectivity index (χ4v) is 2.41. The lowest BCUT2D eigenvalue weighted by atomic mass is 10.2. The lowest BCUT2D eigenvalue weighted by molar-refractivity contribution is 0.0840. The van der Waals surface area contributed by atoms with Crippen molar-refractivity contribution in [2.24, 2.45) is 0 Å². The van der Waals surface area contributed by atoms with Crippen molar-refractivity contribution in [3.8, 4) is 5.75 Å². The summed E-state index contributed by atoms with van der Waals surface area (Å²) in [5.41, 5.74) is 2.33. The molecule has 3 heteroatoms. The standard InChI is InChI=1S/C18H24NO2/c1-15-8-7-11-18(12-15)21-14-17(20)13-19(2,3)16-9-5-4-6-10-16/h4-12,17,20H,13-14H2,1-3H3/q+1. The molecule has 2 aromatic rings. The second-order valence-electron chi connectivity index (χ2n) is 5.98. The Balaban J connectivity index is 1.91. The smallest absolute Gasteiger partial charge is 0.137 e. The molecule has 1 atom stereocenters. The summed E-state index contributed by atoms with van der Waals surface area (Å²) in [6.45, 7) is 2.94. The summed E-state index contributed by atoms with van der Waals surface area (Å²) < 4.78 is 6.29. The Labute approximate surface area is 127 Å². The number of hydrogen-bond donors (Lipinski definition) is 1. The van der Waals surface area contributed by atoms with Gasteiger partial charge in [-0.05, 0) is 36.8 Å². The first-order valence-corrected chi connectivity index (χ1v) is 7.23. The van der Waals surface area contributed by atoms with Crippen LogP contribution in [0.25, 0.3) is 0 Å². The molecule has 0 aliphatic carbocycles. The fraction of sp³-hybridized carbons (Fsp3) is 0.333. The van der Waals surface area contributed by atoms with Gasteiger partial charge in [-0.25, -0.2) is 0 Å². The SMILES string of the molecule is Cc1cccc(OCC(O)C[N+](C)(C)c2ccccc2)c1. The van der Waals surface area contributed by atoms with Crippen molar-refractivity contribution < 1.29 is 9.84 Å². The van der Waals surface area contributed by atoms with E-state index in [0.29, 0.717) is 17.6 Å². The first-order valence-electron chi connectivity index (χ1n) is 7.23. The predicted molar refractivity (Wildman–Crippen MR) is 87.6 cm³/mol. The molecule has 1 N–H and O–H groups in total. The maximum absolute atomic E-state index is 10.2. The molecule has 21 heavy (non-hydrogen) atoms. The number of benzene rings is 2.